The van der Waals surface area contributed by atoms with E-state index >= 15 is 0 Å². The molecule has 0 saturated carbocycles. The lowest BCUT2D eigenvalue weighted by molar-refractivity contribution is 0.0925. The summed E-state index contributed by atoms with van der Waals surface area (Å²) in [5.74, 6) is 0.415. The van der Waals surface area contributed by atoms with Crippen molar-refractivity contribution in [3.8, 4) is 0 Å². The molecule has 1 aliphatic rings. The van der Waals surface area contributed by atoms with Crippen molar-refractivity contribution in [1.29, 1.82) is 0 Å². The van der Waals surface area contributed by atoms with Crippen LogP contribution in [-0.4, -0.2) is 39.7 Å². The highest BCUT2D eigenvalue weighted by Crippen LogP contribution is 2.38. The van der Waals surface area contributed by atoms with Crippen molar-refractivity contribution in [2.45, 2.75) is 19.9 Å². The van der Waals surface area contributed by atoms with Crippen LogP contribution in [0.25, 0.3) is 22.2 Å². The molecule has 0 saturated heterocycles. The maximum absolute atomic E-state index is 13.5. The number of fused-ring (bicyclic) bond motifs is 4. The summed E-state index contributed by atoms with van der Waals surface area (Å²) in [7, 11) is 1.65. The van der Waals surface area contributed by atoms with Crippen LogP contribution < -0.4 is 0 Å². The molecule has 3 heterocycles. The van der Waals surface area contributed by atoms with Gasteiger partial charge in [-0.05, 0) is 31.0 Å². The quantitative estimate of drug-likeness (QED) is 0.494. The SMILES string of the molecule is COCCC1C(=O)c2c(n(Cc3ccccc3)c3nc4ccccc4nc23)N=C1C. The van der Waals surface area contributed by atoms with Gasteiger partial charge in [-0.15, -0.1) is 0 Å². The molecule has 1 unspecified atom stereocenters. The zero-order valence-electron chi connectivity index (χ0n) is 17.0. The smallest absolute Gasteiger partial charge is 0.177 e. The number of rotatable bonds is 5. The molecule has 150 valence electrons. The molecule has 1 aliphatic heterocycles. The summed E-state index contributed by atoms with van der Waals surface area (Å²) < 4.78 is 7.24. The average Bonchev–Trinajstić information content (AvgIpc) is 3.05. The Labute approximate surface area is 174 Å². The largest absolute Gasteiger partial charge is 0.385 e. The van der Waals surface area contributed by atoms with E-state index in [2.05, 4.69) is 12.1 Å². The van der Waals surface area contributed by atoms with E-state index < -0.39 is 0 Å². The van der Waals surface area contributed by atoms with Gasteiger partial charge in [-0.2, -0.15) is 0 Å². The number of aromatic nitrogens is 3. The van der Waals surface area contributed by atoms with Crippen LogP contribution in [0, 0.1) is 5.92 Å². The van der Waals surface area contributed by atoms with Gasteiger partial charge in [0.1, 0.15) is 11.3 Å². The molecule has 6 nitrogen and oxygen atoms in total. The number of hydrogen-bond acceptors (Lipinski definition) is 5. The molecule has 0 spiro atoms. The molecule has 2 aromatic heterocycles. The number of nitrogens with zero attached hydrogens (tertiary/aromatic N) is 4. The number of ether oxygens (including phenoxy) is 1. The Kier molecular flexibility index (Phi) is 4.64. The fraction of sp³-hybridized carbons (Fsp3) is 0.250. The lowest BCUT2D eigenvalue weighted by atomic mass is 9.89. The predicted octanol–water partition coefficient (Wildman–Crippen LogP) is 4.57. The number of ketones is 1. The average molecular weight is 398 g/mol. The lowest BCUT2D eigenvalue weighted by Gasteiger charge is -2.20. The van der Waals surface area contributed by atoms with Crippen LogP contribution in [-0.2, 0) is 11.3 Å². The molecule has 0 radical (unpaired) electrons. The number of carbonyl (C=O) groups excluding carboxylic acids is 1. The van der Waals surface area contributed by atoms with E-state index in [1.807, 2.05) is 54.0 Å². The van der Waals surface area contributed by atoms with Crippen molar-refractivity contribution in [2.24, 2.45) is 10.9 Å². The van der Waals surface area contributed by atoms with Crippen LogP contribution in [0.1, 0.15) is 29.3 Å². The Hall–Kier alpha value is -3.38. The van der Waals surface area contributed by atoms with Crippen LogP contribution in [0.15, 0.2) is 59.6 Å². The highest BCUT2D eigenvalue weighted by atomic mass is 16.5. The molecular weight excluding hydrogens is 376 g/mol. The maximum Gasteiger partial charge on any atom is 0.177 e. The first kappa shape index (κ1) is 18.6. The van der Waals surface area contributed by atoms with Gasteiger partial charge < -0.3 is 9.30 Å². The minimum absolute atomic E-state index is 0.0518. The van der Waals surface area contributed by atoms with E-state index in [-0.39, 0.29) is 11.7 Å². The standard InChI is InChI=1S/C24H22N4O2/c1-15-17(12-13-30-2)22(29)20-21-24(27-19-11-7-6-10-18(19)26-21)28(23(20)25-15)14-16-8-4-3-5-9-16/h3-11,17H,12-14H2,1-2H3. The van der Waals surface area contributed by atoms with Gasteiger partial charge in [0.15, 0.2) is 11.4 Å². The van der Waals surface area contributed by atoms with Crippen molar-refractivity contribution < 1.29 is 9.53 Å². The molecule has 2 aromatic carbocycles. The first-order valence-electron chi connectivity index (χ1n) is 10.1. The summed E-state index contributed by atoms with van der Waals surface area (Å²) >= 11 is 0. The lowest BCUT2D eigenvalue weighted by Crippen LogP contribution is -2.27. The third-order valence-corrected chi connectivity index (χ3v) is 5.67. The van der Waals surface area contributed by atoms with Crippen molar-refractivity contribution >= 4 is 39.5 Å². The van der Waals surface area contributed by atoms with Gasteiger partial charge >= 0.3 is 0 Å². The predicted molar refractivity (Wildman–Crippen MR) is 118 cm³/mol. The van der Waals surface area contributed by atoms with Gasteiger partial charge in [-0.1, -0.05) is 42.5 Å². The highest BCUT2D eigenvalue weighted by Gasteiger charge is 2.35. The van der Waals surface area contributed by atoms with E-state index in [1.165, 1.54) is 0 Å². The number of aliphatic imine (C=N–C) groups is 1. The maximum atomic E-state index is 13.5. The van der Waals surface area contributed by atoms with E-state index in [0.29, 0.717) is 42.1 Å². The van der Waals surface area contributed by atoms with Gasteiger partial charge in [0.2, 0.25) is 0 Å². The monoisotopic (exact) mass is 398 g/mol. The van der Waals surface area contributed by atoms with Gasteiger partial charge in [-0.25, -0.2) is 15.0 Å². The second kappa shape index (κ2) is 7.46. The van der Waals surface area contributed by atoms with E-state index in [4.69, 9.17) is 19.7 Å². The molecule has 0 amide bonds. The van der Waals surface area contributed by atoms with Crippen molar-refractivity contribution in [2.75, 3.05) is 13.7 Å². The molecule has 6 heteroatoms. The fourth-order valence-electron chi connectivity index (χ4n) is 4.13. The third-order valence-electron chi connectivity index (χ3n) is 5.67. The van der Waals surface area contributed by atoms with E-state index in [1.54, 1.807) is 7.11 Å². The Balaban J connectivity index is 1.77. The van der Waals surface area contributed by atoms with Crippen LogP contribution >= 0.6 is 0 Å². The molecule has 30 heavy (non-hydrogen) atoms. The van der Waals surface area contributed by atoms with Gasteiger partial charge in [-0.3, -0.25) is 4.79 Å². The topological polar surface area (TPSA) is 69.4 Å². The molecule has 0 aliphatic carbocycles. The van der Waals surface area contributed by atoms with Crippen molar-refractivity contribution in [3.63, 3.8) is 0 Å². The first-order chi connectivity index (χ1) is 14.7. The summed E-state index contributed by atoms with van der Waals surface area (Å²) in [6, 6.07) is 17.9. The molecule has 0 N–H and O–H groups in total. The van der Waals surface area contributed by atoms with E-state index in [9.17, 15) is 4.79 Å². The Morgan fingerprint density at radius 1 is 1.00 bits per heavy atom. The zero-order valence-corrected chi connectivity index (χ0v) is 17.0. The minimum atomic E-state index is -0.290. The normalized spacial score (nSPS) is 16.1. The van der Waals surface area contributed by atoms with E-state index in [0.717, 1.165) is 22.3 Å². The molecule has 0 fully saturated rings. The molecule has 5 rings (SSSR count). The number of carbonyl (C=O) groups is 1. The highest BCUT2D eigenvalue weighted by molar-refractivity contribution is 6.22. The molecule has 1 atom stereocenters. The Morgan fingerprint density at radius 3 is 2.43 bits per heavy atom. The molecule has 0 bridgehead atoms. The summed E-state index contributed by atoms with van der Waals surface area (Å²) in [6.07, 6.45) is 0.608. The number of methoxy groups -OCH3 is 1. The molecular formula is C24H22N4O2. The number of benzene rings is 2. The zero-order chi connectivity index (χ0) is 20.7. The van der Waals surface area contributed by atoms with Crippen molar-refractivity contribution in [1.82, 2.24) is 14.5 Å². The molecule has 4 aromatic rings. The summed E-state index contributed by atoms with van der Waals surface area (Å²) in [5, 5.41) is 0. The second-order valence-corrected chi connectivity index (χ2v) is 7.61. The van der Waals surface area contributed by atoms with Crippen LogP contribution in [0.2, 0.25) is 0 Å². The van der Waals surface area contributed by atoms with Gasteiger partial charge in [0, 0.05) is 19.4 Å². The van der Waals surface area contributed by atoms with Crippen LogP contribution in [0.5, 0.6) is 0 Å². The Bertz CT molecular complexity index is 1290. The second-order valence-electron chi connectivity index (χ2n) is 7.61. The van der Waals surface area contributed by atoms with Crippen molar-refractivity contribution in [3.05, 3.63) is 65.7 Å². The van der Waals surface area contributed by atoms with Crippen LogP contribution in [0.4, 0.5) is 5.82 Å². The first-order valence-corrected chi connectivity index (χ1v) is 10.1. The number of para-hydroxylation sites is 2. The summed E-state index contributed by atoms with van der Waals surface area (Å²) in [6.45, 7) is 3.01. The number of hydrogen-bond donors (Lipinski definition) is 0. The third kappa shape index (κ3) is 3.00. The summed E-state index contributed by atoms with van der Waals surface area (Å²) in [5.41, 5.74) is 5.41. The summed E-state index contributed by atoms with van der Waals surface area (Å²) in [4.78, 5) is 28.1. The minimum Gasteiger partial charge on any atom is -0.385 e. The number of Topliss-reactive ketones (excluding diaryl/α,β-unsaturated/α-hetero) is 1. The Morgan fingerprint density at radius 2 is 1.70 bits per heavy atom. The van der Waals surface area contributed by atoms with Gasteiger partial charge in [0.25, 0.3) is 0 Å². The van der Waals surface area contributed by atoms with Gasteiger partial charge in [0.05, 0.1) is 29.1 Å². The van der Waals surface area contributed by atoms with Crippen LogP contribution in [0.3, 0.4) is 0 Å². The fourth-order valence-corrected chi connectivity index (χ4v) is 4.13.